The van der Waals surface area contributed by atoms with Crippen molar-refractivity contribution in [2.45, 2.75) is 26.1 Å². The number of pyridine rings is 3. The van der Waals surface area contributed by atoms with E-state index in [1.54, 1.807) is 55.6 Å². The second-order valence-corrected chi connectivity index (χ2v) is 9.41. The number of benzene rings is 2. The fourth-order valence-corrected chi connectivity index (χ4v) is 4.39. The van der Waals surface area contributed by atoms with Gasteiger partial charge in [-0.3, -0.25) is 24.5 Å². The van der Waals surface area contributed by atoms with Gasteiger partial charge in [0.1, 0.15) is 0 Å². The molecule has 0 aliphatic heterocycles. The number of aryl methyl sites for hydroxylation is 1. The number of amides is 2. The zero-order valence-corrected chi connectivity index (χ0v) is 22.0. The Bertz CT molecular complexity index is 1740. The van der Waals surface area contributed by atoms with E-state index in [2.05, 4.69) is 25.6 Å². The molecule has 7 nitrogen and oxygen atoms in total. The summed E-state index contributed by atoms with van der Waals surface area (Å²) in [5.41, 5.74) is 2.75. The Kier molecular flexibility index (Phi) is 7.47. The first-order valence-electron chi connectivity index (χ1n) is 12.7. The molecule has 2 N–H and O–H groups in total. The molecule has 0 aliphatic rings. The van der Waals surface area contributed by atoms with Crippen molar-refractivity contribution < 1.29 is 22.8 Å². The second-order valence-electron chi connectivity index (χ2n) is 9.41. The number of hydrogen-bond donors (Lipinski definition) is 2. The van der Waals surface area contributed by atoms with Gasteiger partial charge in [0, 0.05) is 29.0 Å². The molecule has 0 spiro atoms. The summed E-state index contributed by atoms with van der Waals surface area (Å²) in [5, 5.41) is 6.46. The van der Waals surface area contributed by atoms with Crippen LogP contribution in [0.4, 0.5) is 18.9 Å². The van der Waals surface area contributed by atoms with Crippen LogP contribution in [0.1, 0.15) is 50.6 Å². The molecule has 1 atom stereocenters. The molecule has 41 heavy (non-hydrogen) atoms. The molecule has 0 saturated carbocycles. The Morgan fingerprint density at radius 3 is 2.29 bits per heavy atom. The number of fused-ring (bicyclic) bond motifs is 1. The van der Waals surface area contributed by atoms with Crippen molar-refractivity contribution in [2.24, 2.45) is 0 Å². The lowest BCUT2D eigenvalue weighted by atomic mass is 10.0. The van der Waals surface area contributed by atoms with Crippen LogP contribution in [0.2, 0.25) is 0 Å². The van der Waals surface area contributed by atoms with Crippen LogP contribution in [-0.4, -0.2) is 26.8 Å². The molecule has 0 saturated heterocycles. The van der Waals surface area contributed by atoms with E-state index in [1.807, 2.05) is 19.1 Å². The number of halogens is 3. The highest BCUT2D eigenvalue weighted by atomic mass is 19.4. The minimum Gasteiger partial charge on any atom is -0.344 e. The highest BCUT2D eigenvalue weighted by Gasteiger charge is 2.30. The fraction of sp³-hybridized carbons (Fsp3) is 0.129. The third kappa shape index (κ3) is 6.06. The minimum atomic E-state index is -4.46. The van der Waals surface area contributed by atoms with E-state index in [0.717, 1.165) is 17.8 Å². The van der Waals surface area contributed by atoms with Crippen LogP contribution in [-0.2, 0) is 6.18 Å². The molecule has 3 heterocycles. The standard InChI is InChI=1S/C31H24F3N5O2/c1-18-25(30(41)38-19(2)26-7-3-4-14-35-26)16-21-10-13-23(17-27(21)37-18)39-29(40)24-6-5-15-36-28(24)20-8-11-22(12-9-20)31(32,33)34/h3-17,19H,1-2H3,(H,38,41)(H,39,40). The quantitative estimate of drug-likeness (QED) is 0.241. The first kappa shape index (κ1) is 27.4. The third-order valence-electron chi connectivity index (χ3n) is 6.53. The normalized spacial score (nSPS) is 12.1. The molecule has 206 valence electrons. The van der Waals surface area contributed by atoms with Gasteiger partial charge in [-0.1, -0.05) is 24.3 Å². The molecule has 10 heteroatoms. The average molecular weight is 556 g/mol. The summed E-state index contributed by atoms with van der Waals surface area (Å²) < 4.78 is 38.9. The highest BCUT2D eigenvalue weighted by molar-refractivity contribution is 6.08. The zero-order valence-electron chi connectivity index (χ0n) is 22.0. The lowest BCUT2D eigenvalue weighted by Crippen LogP contribution is -2.28. The maximum absolute atomic E-state index is 13.2. The van der Waals surface area contributed by atoms with Crippen molar-refractivity contribution in [3.05, 3.63) is 119 Å². The van der Waals surface area contributed by atoms with Crippen LogP contribution in [0.25, 0.3) is 22.2 Å². The number of carbonyl (C=O) groups is 2. The molecule has 5 aromatic rings. The number of anilines is 1. The maximum atomic E-state index is 13.2. The van der Waals surface area contributed by atoms with Crippen molar-refractivity contribution >= 4 is 28.4 Å². The molecule has 5 rings (SSSR count). The Hall–Kier alpha value is -5.12. The van der Waals surface area contributed by atoms with Crippen LogP contribution in [0, 0.1) is 6.92 Å². The van der Waals surface area contributed by atoms with E-state index < -0.39 is 17.6 Å². The number of carbonyl (C=O) groups excluding carboxylic acids is 2. The first-order chi connectivity index (χ1) is 19.6. The molecular weight excluding hydrogens is 531 g/mol. The molecule has 2 aromatic carbocycles. The summed E-state index contributed by atoms with van der Waals surface area (Å²) in [6.07, 6.45) is -1.33. The number of hydrogen-bond acceptors (Lipinski definition) is 5. The van der Waals surface area contributed by atoms with Crippen LogP contribution in [0.15, 0.2) is 91.3 Å². The van der Waals surface area contributed by atoms with Gasteiger partial charge in [-0.25, -0.2) is 0 Å². The van der Waals surface area contributed by atoms with E-state index in [9.17, 15) is 22.8 Å². The monoisotopic (exact) mass is 555 g/mol. The number of aromatic nitrogens is 3. The van der Waals surface area contributed by atoms with Gasteiger partial charge in [0.05, 0.1) is 45.3 Å². The van der Waals surface area contributed by atoms with E-state index >= 15 is 0 Å². The van der Waals surface area contributed by atoms with Crippen molar-refractivity contribution in [3.63, 3.8) is 0 Å². The average Bonchev–Trinajstić information content (AvgIpc) is 2.96. The first-order valence-corrected chi connectivity index (χ1v) is 12.7. The Balaban J connectivity index is 1.35. The lowest BCUT2D eigenvalue weighted by Gasteiger charge is -2.15. The van der Waals surface area contributed by atoms with Crippen LogP contribution in [0.5, 0.6) is 0 Å². The minimum absolute atomic E-state index is 0.200. The Morgan fingerprint density at radius 1 is 0.829 bits per heavy atom. The maximum Gasteiger partial charge on any atom is 0.416 e. The zero-order chi connectivity index (χ0) is 29.1. The third-order valence-corrected chi connectivity index (χ3v) is 6.53. The van der Waals surface area contributed by atoms with Gasteiger partial charge in [-0.15, -0.1) is 0 Å². The van der Waals surface area contributed by atoms with Crippen molar-refractivity contribution in [2.75, 3.05) is 5.32 Å². The van der Waals surface area contributed by atoms with Crippen molar-refractivity contribution in [1.82, 2.24) is 20.3 Å². The Labute approximate surface area is 233 Å². The van der Waals surface area contributed by atoms with E-state index in [1.165, 1.54) is 18.3 Å². The molecule has 2 amide bonds. The molecule has 0 bridgehead atoms. The predicted octanol–water partition coefficient (Wildman–Crippen LogP) is 6.76. The topological polar surface area (TPSA) is 96.9 Å². The van der Waals surface area contributed by atoms with Crippen molar-refractivity contribution in [3.8, 4) is 11.3 Å². The van der Waals surface area contributed by atoms with E-state index in [-0.39, 0.29) is 23.2 Å². The molecule has 0 aliphatic carbocycles. The lowest BCUT2D eigenvalue weighted by molar-refractivity contribution is -0.137. The van der Waals surface area contributed by atoms with Crippen molar-refractivity contribution in [1.29, 1.82) is 0 Å². The van der Waals surface area contributed by atoms with Gasteiger partial charge in [-0.05, 0) is 68.4 Å². The van der Waals surface area contributed by atoms with Gasteiger partial charge in [0.15, 0.2) is 0 Å². The molecule has 3 aromatic heterocycles. The summed E-state index contributed by atoms with van der Waals surface area (Å²) in [7, 11) is 0. The smallest absolute Gasteiger partial charge is 0.344 e. The SMILES string of the molecule is Cc1nc2cc(NC(=O)c3cccnc3-c3ccc(C(F)(F)F)cc3)ccc2cc1C(=O)NC(C)c1ccccn1. The molecular formula is C31H24F3N5O2. The number of nitrogens with one attached hydrogen (secondary N) is 2. The summed E-state index contributed by atoms with van der Waals surface area (Å²) >= 11 is 0. The number of nitrogens with zero attached hydrogens (tertiary/aromatic N) is 3. The van der Waals surface area contributed by atoms with Crippen LogP contribution >= 0.6 is 0 Å². The van der Waals surface area contributed by atoms with E-state index in [4.69, 9.17) is 0 Å². The molecule has 1 unspecified atom stereocenters. The predicted molar refractivity (Wildman–Crippen MR) is 149 cm³/mol. The summed E-state index contributed by atoms with van der Waals surface area (Å²) in [4.78, 5) is 39.3. The van der Waals surface area contributed by atoms with Crippen LogP contribution < -0.4 is 10.6 Å². The van der Waals surface area contributed by atoms with Gasteiger partial charge in [-0.2, -0.15) is 13.2 Å². The fourth-order valence-electron chi connectivity index (χ4n) is 4.39. The summed E-state index contributed by atoms with van der Waals surface area (Å²) in [6.45, 7) is 3.58. The van der Waals surface area contributed by atoms with Gasteiger partial charge < -0.3 is 10.6 Å². The van der Waals surface area contributed by atoms with Gasteiger partial charge in [0.2, 0.25) is 0 Å². The largest absolute Gasteiger partial charge is 0.416 e. The summed E-state index contributed by atoms with van der Waals surface area (Å²) in [6, 6.07) is 19.7. The molecule has 0 fully saturated rings. The second kappa shape index (κ2) is 11.2. The Morgan fingerprint density at radius 2 is 1.59 bits per heavy atom. The molecule has 0 radical (unpaired) electrons. The number of rotatable bonds is 6. The van der Waals surface area contributed by atoms with Gasteiger partial charge in [0.25, 0.3) is 11.8 Å². The summed E-state index contributed by atoms with van der Waals surface area (Å²) in [5.74, 6) is -0.761. The van der Waals surface area contributed by atoms with E-state index in [0.29, 0.717) is 33.4 Å². The van der Waals surface area contributed by atoms with Gasteiger partial charge >= 0.3 is 6.18 Å². The van der Waals surface area contributed by atoms with Crippen LogP contribution in [0.3, 0.4) is 0 Å². The number of alkyl halides is 3. The highest BCUT2D eigenvalue weighted by Crippen LogP contribution is 2.31.